The first-order valence-corrected chi connectivity index (χ1v) is 6.45. The molecule has 0 aliphatic heterocycles. The van der Waals surface area contributed by atoms with E-state index in [0.717, 1.165) is 16.7 Å². The van der Waals surface area contributed by atoms with E-state index < -0.39 is 0 Å². The van der Waals surface area contributed by atoms with Crippen molar-refractivity contribution in [3.63, 3.8) is 0 Å². The van der Waals surface area contributed by atoms with Crippen molar-refractivity contribution in [2.45, 2.75) is 19.4 Å². The summed E-state index contributed by atoms with van der Waals surface area (Å²) in [4.78, 5) is 0. The van der Waals surface area contributed by atoms with Crippen molar-refractivity contribution in [3.8, 4) is 0 Å². The van der Waals surface area contributed by atoms with Gasteiger partial charge in [-0.15, -0.1) is 0 Å². The van der Waals surface area contributed by atoms with Crippen LogP contribution in [0.2, 0.25) is 0 Å². The van der Waals surface area contributed by atoms with E-state index >= 15 is 0 Å². The molecule has 90 valence electrons. The maximum absolute atomic E-state index is 5.54. The van der Waals surface area contributed by atoms with Gasteiger partial charge in [-0.3, -0.25) is 0 Å². The maximum atomic E-state index is 5.54. The van der Waals surface area contributed by atoms with Crippen LogP contribution in [0.3, 0.4) is 0 Å². The summed E-state index contributed by atoms with van der Waals surface area (Å²) in [5.41, 5.74) is 2.49. The van der Waals surface area contributed by atoms with Crippen LogP contribution in [-0.2, 0) is 6.42 Å². The minimum Gasteiger partial charge on any atom is -0.467 e. The summed E-state index contributed by atoms with van der Waals surface area (Å²) in [7, 11) is 1.96. The molecule has 0 aliphatic carbocycles. The summed E-state index contributed by atoms with van der Waals surface area (Å²) < 4.78 is 6.65. The van der Waals surface area contributed by atoms with Gasteiger partial charge in [0.15, 0.2) is 0 Å². The molecule has 2 nitrogen and oxygen atoms in total. The molecule has 0 saturated heterocycles. The predicted octanol–water partition coefficient (Wildman–Crippen LogP) is 3.85. The van der Waals surface area contributed by atoms with Crippen molar-refractivity contribution in [2.75, 3.05) is 7.05 Å². The molecule has 0 bridgehead atoms. The average molecular weight is 294 g/mol. The lowest BCUT2D eigenvalue weighted by Gasteiger charge is -2.15. The Kier molecular flexibility index (Phi) is 4.02. The van der Waals surface area contributed by atoms with Crippen LogP contribution in [0.1, 0.15) is 22.9 Å². The number of halogens is 1. The maximum Gasteiger partial charge on any atom is 0.123 e. The first-order chi connectivity index (χ1) is 8.20. The van der Waals surface area contributed by atoms with Gasteiger partial charge < -0.3 is 9.73 Å². The molecule has 0 aliphatic rings. The van der Waals surface area contributed by atoms with Gasteiger partial charge in [-0.05, 0) is 49.7 Å². The van der Waals surface area contributed by atoms with Crippen molar-refractivity contribution in [2.24, 2.45) is 0 Å². The van der Waals surface area contributed by atoms with Gasteiger partial charge in [-0.25, -0.2) is 0 Å². The molecule has 2 rings (SSSR count). The molecule has 3 heteroatoms. The highest BCUT2D eigenvalue weighted by Crippen LogP contribution is 2.23. The number of likely N-dealkylation sites (N-methyl/N-ethyl adjacent to an activating group) is 1. The lowest BCUT2D eigenvalue weighted by atomic mass is 10.0. The Hall–Kier alpha value is -1.06. The van der Waals surface area contributed by atoms with Gasteiger partial charge in [-0.2, -0.15) is 0 Å². The standard InChI is InChI=1S/C14H16BrNO/c1-10-7-8-17-14(10)13(16-2)9-11-3-5-12(15)6-4-11/h3-8,13,16H,9H2,1-2H3. The smallest absolute Gasteiger partial charge is 0.123 e. The normalized spacial score (nSPS) is 12.6. The Morgan fingerprint density at radius 2 is 1.94 bits per heavy atom. The number of furan rings is 1. The van der Waals surface area contributed by atoms with E-state index in [1.807, 2.05) is 13.1 Å². The second-order valence-electron chi connectivity index (χ2n) is 4.14. The monoisotopic (exact) mass is 293 g/mol. The van der Waals surface area contributed by atoms with Crippen LogP contribution >= 0.6 is 15.9 Å². The summed E-state index contributed by atoms with van der Waals surface area (Å²) in [6.07, 6.45) is 2.68. The third-order valence-electron chi connectivity index (χ3n) is 2.92. The molecule has 1 N–H and O–H groups in total. The van der Waals surface area contributed by atoms with Gasteiger partial charge >= 0.3 is 0 Å². The molecule has 0 radical (unpaired) electrons. The molecule has 17 heavy (non-hydrogen) atoms. The minimum absolute atomic E-state index is 0.228. The SMILES string of the molecule is CNC(Cc1ccc(Br)cc1)c1occc1C. The van der Waals surface area contributed by atoms with Gasteiger partial charge in [0.25, 0.3) is 0 Å². The number of hydrogen-bond acceptors (Lipinski definition) is 2. The molecule has 0 amide bonds. The van der Waals surface area contributed by atoms with Crippen molar-refractivity contribution in [3.05, 3.63) is 58.0 Å². The fourth-order valence-corrected chi connectivity index (χ4v) is 2.19. The Morgan fingerprint density at radius 3 is 2.47 bits per heavy atom. The quantitative estimate of drug-likeness (QED) is 0.926. The van der Waals surface area contributed by atoms with Crippen LogP contribution < -0.4 is 5.32 Å². The number of hydrogen-bond donors (Lipinski definition) is 1. The van der Waals surface area contributed by atoms with Gasteiger partial charge in [0, 0.05) is 4.47 Å². The van der Waals surface area contributed by atoms with Crippen LogP contribution in [-0.4, -0.2) is 7.05 Å². The summed E-state index contributed by atoms with van der Waals surface area (Å²) in [6.45, 7) is 2.07. The molecular weight excluding hydrogens is 278 g/mol. The van der Waals surface area contributed by atoms with E-state index in [9.17, 15) is 0 Å². The van der Waals surface area contributed by atoms with Gasteiger partial charge in [0.1, 0.15) is 5.76 Å². The highest BCUT2D eigenvalue weighted by Gasteiger charge is 2.15. The van der Waals surface area contributed by atoms with Crippen LogP contribution in [0, 0.1) is 6.92 Å². The largest absolute Gasteiger partial charge is 0.467 e. The molecule has 1 aromatic carbocycles. The second kappa shape index (κ2) is 5.52. The number of benzene rings is 1. The van der Waals surface area contributed by atoms with E-state index in [1.165, 1.54) is 11.1 Å². The molecule has 1 atom stereocenters. The minimum atomic E-state index is 0.228. The van der Waals surface area contributed by atoms with Crippen LogP contribution in [0.15, 0.2) is 45.5 Å². The zero-order valence-corrected chi connectivity index (χ0v) is 11.6. The number of nitrogens with one attached hydrogen (secondary N) is 1. The van der Waals surface area contributed by atoms with Crippen molar-refractivity contribution >= 4 is 15.9 Å². The lowest BCUT2D eigenvalue weighted by Crippen LogP contribution is -2.19. The first kappa shape index (κ1) is 12.4. The van der Waals surface area contributed by atoms with E-state index in [0.29, 0.717) is 0 Å². The lowest BCUT2D eigenvalue weighted by molar-refractivity contribution is 0.426. The predicted molar refractivity (Wildman–Crippen MR) is 73.1 cm³/mol. The molecular formula is C14H16BrNO. The molecule has 0 fully saturated rings. The fraction of sp³-hybridized carbons (Fsp3) is 0.286. The van der Waals surface area contributed by atoms with Crippen LogP contribution in [0.5, 0.6) is 0 Å². The van der Waals surface area contributed by atoms with Gasteiger partial charge in [0.2, 0.25) is 0 Å². The van der Waals surface area contributed by atoms with E-state index in [2.05, 4.69) is 52.4 Å². The highest BCUT2D eigenvalue weighted by atomic mass is 79.9. The highest BCUT2D eigenvalue weighted by molar-refractivity contribution is 9.10. The van der Waals surface area contributed by atoms with Gasteiger partial charge in [0.05, 0.1) is 12.3 Å². The molecule has 0 spiro atoms. The molecule has 1 unspecified atom stereocenters. The van der Waals surface area contributed by atoms with E-state index in [-0.39, 0.29) is 6.04 Å². The Balaban J connectivity index is 2.16. The molecule has 1 heterocycles. The molecule has 2 aromatic rings. The summed E-state index contributed by atoms with van der Waals surface area (Å²) in [5.74, 6) is 1.02. The molecule has 1 aromatic heterocycles. The summed E-state index contributed by atoms with van der Waals surface area (Å²) in [6, 6.07) is 10.6. The van der Waals surface area contributed by atoms with Crippen molar-refractivity contribution in [1.82, 2.24) is 5.32 Å². The number of rotatable bonds is 4. The summed E-state index contributed by atoms with van der Waals surface area (Å²) in [5, 5.41) is 3.30. The van der Waals surface area contributed by atoms with Gasteiger partial charge in [-0.1, -0.05) is 28.1 Å². The number of aryl methyl sites for hydroxylation is 1. The molecule has 0 saturated carbocycles. The Bertz CT molecular complexity index is 475. The zero-order valence-electron chi connectivity index (χ0n) is 10.0. The van der Waals surface area contributed by atoms with Crippen molar-refractivity contribution < 1.29 is 4.42 Å². The third-order valence-corrected chi connectivity index (χ3v) is 3.45. The summed E-state index contributed by atoms with van der Waals surface area (Å²) >= 11 is 3.44. The Morgan fingerprint density at radius 1 is 1.24 bits per heavy atom. The van der Waals surface area contributed by atoms with Crippen molar-refractivity contribution in [1.29, 1.82) is 0 Å². The van der Waals surface area contributed by atoms with E-state index in [1.54, 1.807) is 6.26 Å². The first-order valence-electron chi connectivity index (χ1n) is 5.66. The Labute approximate surface area is 110 Å². The average Bonchev–Trinajstić information content (AvgIpc) is 2.75. The zero-order chi connectivity index (χ0) is 12.3. The topological polar surface area (TPSA) is 25.2 Å². The van der Waals surface area contributed by atoms with Crippen LogP contribution in [0.4, 0.5) is 0 Å². The third kappa shape index (κ3) is 2.99. The van der Waals surface area contributed by atoms with Crippen LogP contribution in [0.25, 0.3) is 0 Å². The second-order valence-corrected chi connectivity index (χ2v) is 5.06. The van der Waals surface area contributed by atoms with E-state index in [4.69, 9.17) is 4.42 Å². The fourth-order valence-electron chi connectivity index (χ4n) is 1.92.